The van der Waals surface area contributed by atoms with E-state index in [1.54, 1.807) is 48.5 Å². The Labute approximate surface area is 192 Å². The summed E-state index contributed by atoms with van der Waals surface area (Å²) in [4.78, 5) is 38.4. The third kappa shape index (κ3) is 7.26. The average Bonchev–Trinajstić information content (AvgIpc) is 2.97. The van der Waals surface area contributed by atoms with Crippen LogP contribution in [0.2, 0.25) is 0 Å². The van der Waals surface area contributed by atoms with Gasteiger partial charge in [-0.1, -0.05) is 30.3 Å². The molecule has 0 radical (unpaired) electrons. The Morgan fingerprint density at radius 1 is 0.875 bits per heavy atom. The zero-order chi connectivity index (χ0) is 24.1. The minimum atomic E-state index is -0.741. The highest BCUT2D eigenvalue weighted by molar-refractivity contribution is 7.20. The third-order valence-electron chi connectivity index (χ3n) is 3.66. The van der Waals surface area contributed by atoms with Crippen molar-refractivity contribution >= 4 is 40.2 Å². The van der Waals surface area contributed by atoms with Crippen LogP contribution < -0.4 is 10.6 Å². The van der Waals surface area contributed by atoms with Gasteiger partial charge in [-0.2, -0.15) is 0 Å². The van der Waals surface area contributed by atoms with E-state index in [9.17, 15) is 14.4 Å². The van der Waals surface area contributed by atoms with E-state index in [0.717, 1.165) is 16.9 Å². The fraction of sp³-hybridized carbons (Fsp3) is 0.435. The van der Waals surface area contributed by atoms with Crippen molar-refractivity contribution in [3.63, 3.8) is 0 Å². The van der Waals surface area contributed by atoms with Gasteiger partial charge in [-0.05, 0) is 54.0 Å². The summed E-state index contributed by atoms with van der Waals surface area (Å²) in [7, 11) is 0. The highest BCUT2D eigenvalue weighted by atomic mass is 32.1. The molecule has 9 heteroatoms. The summed E-state index contributed by atoms with van der Waals surface area (Å²) in [6.45, 7) is 12.2. The molecular weight excluding hydrogens is 432 g/mol. The lowest BCUT2D eigenvalue weighted by atomic mass is 10.1. The molecule has 0 unspecified atom stereocenters. The van der Waals surface area contributed by atoms with Crippen molar-refractivity contribution in [2.75, 3.05) is 17.2 Å². The zero-order valence-corrected chi connectivity index (χ0v) is 20.3. The molecule has 0 bridgehead atoms. The van der Waals surface area contributed by atoms with Crippen LogP contribution in [0.15, 0.2) is 30.3 Å². The van der Waals surface area contributed by atoms with Gasteiger partial charge in [-0.15, -0.1) is 11.3 Å². The fourth-order valence-corrected chi connectivity index (χ4v) is 3.77. The number of esters is 1. The molecule has 0 aliphatic heterocycles. The number of ether oxygens (including phenoxy) is 3. The van der Waals surface area contributed by atoms with E-state index in [1.165, 1.54) is 0 Å². The summed E-state index contributed by atoms with van der Waals surface area (Å²) in [6, 6.07) is 9.18. The number of nitrogens with one attached hydrogen (secondary N) is 2. The maximum Gasteiger partial charge on any atom is 0.412 e. The van der Waals surface area contributed by atoms with Crippen molar-refractivity contribution < 1.29 is 28.6 Å². The van der Waals surface area contributed by atoms with Crippen molar-refractivity contribution in [3.05, 3.63) is 35.9 Å². The van der Waals surface area contributed by atoms with Crippen LogP contribution in [-0.4, -0.2) is 36.0 Å². The normalized spacial score (nSPS) is 11.5. The Morgan fingerprint density at radius 3 is 1.91 bits per heavy atom. The summed E-state index contributed by atoms with van der Waals surface area (Å²) < 4.78 is 15.9. The molecule has 0 aliphatic rings. The lowest BCUT2D eigenvalue weighted by Crippen LogP contribution is -2.28. The molecule has 1 aromatic carbocycles. The molecule has 0 spiro atoms. The molecule has 2 rings (SSSR count). The van der Waals surface area contributed by atoms with Crippen LogP contribution in [0, 0.1) is 0 Å². The number of amides is 2. The van der Waals surface area contributed by atoms with Crippen LogP contribution in [0.25, 0.3) is 10.4 Å². The number of hydrogen-bond donors (Lipinski definition) is 2. The summed E-state index contributed by atoms with van der Waals surface area (Å²) in [5.41, 5.74) is -0.515. The minimum absolute atomic E-state index is 0.0208. The van der Waals surface area contributed by atoms with Gasteiger partial charge >= 0.3 is 18.2 Å². The predicted molar refractivity (Wildman–Crippen MR) is 125 cm³/mol. The quantitative estimate of drug-likeness (QED) is 0.400. The summed E-state index contributed by atoms with van der Waals surface area (Å²) in [5, 5.41) is 5.49. The number of carbonyl (C=O) groups excluding carboxylic acids is 3. The fourth-order valence-electron chi connectivity index (χ4n) is 2.63. The summed E-state index contributed by atoms with van der Waals surface area (Å²) in [5.74, 6) is -0.692. The van der Waals surface area contributed by atoms with Crippen LogP contribution in [0.3, 0.4) is 0 Å². The van der Waals surface area contributed by atoms with Gasteiger partial charge in [0.05, 0.1) is 17.2 Å². The second kappa shape index (κ2) is 10.0. The van der Waals surface area contributed by atoms with Gasteiger partial charge in [0.15, 0.2) is 0 Å². The number of rotatable bonds is 5. The van der Waals surface area contributed by atoms with Gasteiger partial charge in [0.2, 0.25) is 0 Å². The van der Waals surface area contributed by atoms with Crippen LogP contribution in [0.1, 0.15) is 58.8 Å². The summed E-state index contributed by atoms with van der Waals surface area (Å²) >= 11 is 1.12. The molecular formula is C23H30N2O6S. The zero-order valence-electron chi connectivity index (χ0n) is 19.5. The largest absolute Gasteiger partial charge is 0.462 e. The Balaban J connectivity index is 2.59. The SMILES string of the molecule is CCOC(=O)c1c(NC(=O)OC(C)(C)C)sc(-c2ccccc2)c1NC(=O)OC(C)(C)C. The molecule has 0 aliphatic carbocycles. The lowest BCUT2D eigenvalue weighted by molar-refractivity contribution is 0.0529. The molecule has 0 atom stereocenters. The number of hydrogen-bond acceptors (Lipinski definition) is 7. The van der Waals surface area contributed by atoms with E-state index in [-0.39, 0.29) is 22.9 Å². The van der Waals surface area contributed by atoms with Crippen molar-refractivity contribution in [2.45, 2.75) is 59.7 Å². The lowest BCUT2D eigenvalue weighted by Gasteiger charge is -2.20. The highest BCUT2D eigenvalue weighted by Crippen LogP contribution is 2.45. The second-order valence-electron chi connectivity index (χ2n) is 8.85. The molecule has 0 saturated heterocycles. The highest BCUT2D eigenvalue weighted by Gasteiger charge is 2.30. The Kier molecular flexibility index (Phi) is 7.90. The molecule has 174 valence electrons. The predicted octanol–water partition coefficient (Wildman–Crippen LogP) is 6.29. The van der Waals surface area contributed by atoms with E-state index < -0.39 is 29.4 Å². The molecule has 1 aromatic heterocycles. The Bertz CT molecular complexity index is 971. The first-order valence-electron chi connectivity index (χ1n) is 10.2. The van der Waals surface area contributed by atoms with Crippen molar-refractivity contribution in [3.8, 4) is 10.4 Å². The second-order valence-corrected chi connectivity index (χ2v) is 9.87. The minimum Gasteiger partial charge on any atom is -0.462 e. The molecule has 2 aromatic rings. The van der Waals surface area contributed by atoms with Gasteiger partial charge in [0.1, 0.15) is 21.8 Å². The van der Waals surface area contributed by atoms with Crippen LogP contribution in [0.5, 0.6) is 0 Å². The summed E-state index contributed by atoms with van der Waals surface area (Å²) in [6.07, 6.45) is -1.46. The van der Waals surface area contributed by atoms with Crippen molar-refractivity contribution in [1.29, 1.82) is 0 Å². The molecule has 0 fully saturated rings. The third-order valence-corrected chi connectivity index (χ3v) is 4.82. The Hall–Kier alpha value is -3.07. The molecule has 2 N–H and O–H groups in total. The van der Waals surface area contributed by atoms with E-state index in [4.69, 9.17) is 14.2 Å². The molecule has 8 nitrogen and oxygen atoms in total. The number of thiophene rings is 1. The van der Waals surface area contributed by atoms with Gasteiger partial charge in [-0.25, -0.2) is 14.4 Å². The van der Waals surface area contributed by atoms with Gasteiger partial charge in [-0.3, -0.25) is 10.6 Å². The average molecular weight is 463 g/mol. The maximum absolute atomic E-state index is 12.9. The first-order valence-corrected chi connectivity index (χ1v) is 11.0. The monoisotopic (exact) mass is 462 g/mol. The number of carbonyl (C=O) groups is 3. The number of benzene rings is 1. The van der Waals surface area contributed by atoms with Gasteiger partial charge in [0, 0.05) is 0 Å². The van der Waals surface area contributed by atoms with E-state index in [2.05, 4.69) is 10.6 Å². The van der Waals surface area contributed by atoms with Crippen LogP contribution in [0.4, 0.5) is 20.3 Å². The van der Waals surface area contributed by atoms with Crippen molar-refractivity contribution in [1.82, 2.24) is 0 Å². The first-order chi connectivity index (χ1) is 14.8. The van der Waals surface area contributed by atoms with Gasteiger partial charge < -0.3 is 14.2 Å². The molecule has 0 saturated carbocycles. The maximum atomic E-state index is 12.9. The van der Waals surface area contributed by atoms with Crippen LogP contribution in [-0.2, 0) is 14.2 Å². The molecule has 1 heterocycles. The van der Waals surface area contributed by atoms with Gasteiger partial charge in [0.25, 0.3) is 0 Å². The van der Waals surface area contributed by atoms with Crippen LogP contribution >= 0.6 is 11.3 Å². The first kappa shape index (κ1) is 25.2. The van der Waals surface area contributed by atoms with E-state index in [1.807, 2.05) is 30.3 Å². The number of anilines is 2. The molecule has 32 heavy (non-hydrogen) atoms. The molecule has 2 amide bonds. The van der Waals surface area contributed by atoms with E-state index in [0.29, 0.717) is 4.88 Å². The standard InChI is InChI=1S/C23H30N2O6S/c1-8-29-19(26)15-16(24-20(27)30-22(2,3)4)17(14-12-10-9-11-13-14)32-18(15)25-21(28)31-23(5,6)7/h9-13H,8H2,1-7H3,(H,24,27)(H,25,28). The van der Waals surface area contributed by atoms with E-state index >= 15 is 0 Å². The van der Waals surface area contributed by atoms with Crippen molar-refractivity contribution in [2.24, 2.45) is 0 Å². The topological polar surface area (TPSA) is 103 Å². The smallest absolute Gasteiger partial charge is 0.412 e. The Morgan fingerprint density at radius 2 is 1.41 bits per heavy atom.